The summed E-state index contributed by atoms with van der Waals surface area (Å²) in [6.45, 7) is 4.91. The van der Waals surface area contributed by atoms with Gasteiger partial charge in [-0.3, -0.25) is 4.98 Å². The van der Waals surface area contributed by atoms with Gasteiger partial charge in [0.1, 0.15) is 0 Å². The molecule has 0 atom stereocenters. The van der Waals surface area contributed by atoms with Crippen molar-refractivity contribution in [2.75, 3.05) is 0 Å². The first-order valence-electron chi connectivity index (χ1n) is 3.86. The molecule has 0 spiro atoms. The van der Waals surface area contributed by atoms with Gasteiger partial charge in [0, 0.05) is 12.4 Å². The molecular formula is C8H12N2O2S. The van der Waals surface area contributed by atoms with Gasteiger partial charge in [0.05, 0.1) is 10.9 Å². The van der Waals surface area contributed by atoms with Crippen LogP contribution in [0.2, 0.25) is 0 Å². The van der Waals surface area contributed by atoms with E-state index in [0.29, 0.717) is 0 Å². The summed E-state index contributed by atoms with van der Waals surface area (Å²) >= 11 is 0. The Hall–Kier alpha value is -0.970. The molecule has 1 aromatic heterocycles. The summed E-state index contributed by atoms with van der Waals surface area (Å²) < 4.78 is 22.7. The van der Waals surface area contributed by atoms with E-state index < -0.39 is 14.6 Å². The van der Waals surface area contributed by atoms with E-state index in [9.17, 15) is 8.42 Å². The minimum atomic E-state index is -3.35. The van der Waals surface area contributed by atoms with Crippen LogP contribution in [0.25, 0.3) is 0 Å². The van der Waals surface area contributed by atoms with Crippen molar-refractivity contribution in [3.05, 3.63) is 18.6 Å². The number of rotatable bonds is 1. The van der Waals surface area contributed by atoms with E-state index in [0.717, 1.165) is 0 Å². The maximum Gasteiger partial charge on any atom is 0.202 e. The van der Waals surface area contributed by atoms with Crippen molar-refractivity contribution in [3.63, 3.8) is 0 Å². The zero-order chi connectivity index (χ0) is 10.1. The summed E-state index contributed by atoms with van der Waals surface area (Å²) in [7, 11) is -3.35. The van der Waals surface area contributed by atoms with E-state index in [1.54, 1.807) is 20.8 Å². The Balaban J connectivity index is 3.26. The number of sulfone groups is 1. The van der Waals surface area contributed by atoms with Crippen molar-refractivity contribution in [2.45, 2.75) is 30.5 Å². The van der Waals surface area contributed by atoms with Crippen LogP contribution in [0, 0.1) is 0 Å². The van der Waals surface area contributed by atoms with Crippen molar-refractivity contribution in [3.8, 4) is 0 Å². The highest BCUT2D eigenvalue weighted by molar-refractivity contribution is 7.92. The largest absolute Gasteiger partial charge is 0.260 e. The lowest BCUT2D eigenvalue weighted by molar-refractivity contribution is 0.555. The Morgan fingerprint density at radius 2 is 1.85 bits per heavy atom. The van der Waals surface area contributed by atoms with Gasteiger partial charge in [-0.15, -0.1) is 0 Å². The molecule has 4 nitrogen and oxygen atoms in total. The Bertz CT molecular complexity index is 378. The molecule has 0 aromatic carbocycles. The molecule has 1 heterocycles. The summed E-state index contributed by atoms with van der Waals surface area (Å²) in [6, 6.07) is 0. The standard InChI is InChI=1S/C8H12N2O2S/c1-8(2,3)13(11,12)7-6-9-4-5-10-7/h4-6H,1-3H3. The first-order valence-corrected chi connectivity index (χ1v) is 5.34. The van der Waals surface area contributed by atoms with Crippen LogP contribution in [0.15, 0.2) is 23.6 Å². The zero-order valence-corrected chi connectivity index (χ0v) is 8.67. The van der Waals surface area contributed by atoms with E-state index in [-0.39, 0.29) is 5.03 Å². The Kier molecular flexibility index (Phi) is 2.38. The van der Waals surface area contributed by atoms with Crippen molar-refractivity contribution in [1.82, 2.24) is 9.97 Å². The Labute approximate surface area is 78.0 Å². The minimum Gasteiger partial charge on any atom is -0.260 e. The highest BCUT2D eigenvalue weighted by Gasteiger charge is 2.31. The average Bonchev–Trinajstić information content (AvgIpc) is 2.04. The molecule has 72 valence electrons. The third-order valence-electron chi connectivity index (χ3n) is 1.62. The Morgan fingerprint density at radius 3 is 2.23 bits per heavy atom. The summed E-state index contributed by atoms with van der Waals surface area (Å²) in [5.74, 6) is 0. The molecule has 1 aromatic rings. The molecular weight excluding hydrogens is 188 g/mol. The van der Waals surface area contributed by atoms with Crippen LogP contribution in [0.3, 0.4) is 0 Å². The monoisotopic (exact) mass is 200 g/mol. The fourth-order valence-corrected chi connectivity index (χ4v) is 1.76. The quantitative estimate of drug-likeness (QED) is 0.679. The van der Waals surface area contributed by atoms with Crippen molar-refractivity contribution >= 4 is 9.84 Å². The van der Waals surface area contributed by atoms with E-state index in [2.05, 4.69) is 9.97 Å². The maximum absolute atomic E-state index is 11.8. The predicted molar refractivity (Wildman–Crippen MR) is 49.0 cm³/mol. The molecule has 0 aliphatic carbocycles. The summed E-state index contributed by atoms with van der Waals surface area (Å²) in [6.07, 6.45) is 4.08. The lowest BCUT2D eigenvalue weighted by atomic mass is 10.3. The number of aromatic nitrogens is 2. The Morgan fingerprint density at radius 1 is 1.23 bits per heavy atom. The fourth-order valence-electron chi connectivity index (χ4n) is 0.738. The van der Waals surface area contributed by atoms with Crippen LogP contribution in [0.5, 0.6) is 0 Å². The number of hydrogen-bond donors (Lipinski definition) is 0. The van der Waals surface area contributed by atoms with E-state index in [1.165, 1.54) is 18.6 Å². The van der Waals surface area contributed by atoms with Gasteiger partial charge in [0.15, 0.2) is 5.03 Å². The SMILES string of the molecule is CC(C)(C)S(=O)(=O)c1cnccn1. The van der Waals surface area contributed by atoms with Gasteiger partial charge < -0.3 is 0 Å². The van der Waals surface area contributed by atoms with Crippen LogP contribution in [-0.2, 0) is 9.84 Å². The predicted octanol–water partition coefficient (Wildman–Crippen LogP) is 1.05. The van der Waals surface area contributed by atoms with Gasteiger partial charge in [0.2, 0.25) is 9.84 Å². The van der Waals surface area contributed by atoms with Crippen molar-refractivity contribution in [2.24, 2.45) is 0 Å². The summed E-state index contributed by atoms with van der Waals surface area (Å²) in [5.41, 5.74) is 0. The second kappa shape index (κ2) is 3.06. The lowest BCUT2D eigenvalue weighted by Crippen LogP contribution is -2.28. The smallest absolute Gasteiger partial charge is 0.202 e. The van der Waals surface area contributed by atoms with Crippen LogP contribution in [0.4, 0.5) is 0 Å². The number of nitrogens with zero attached hydrogens (tertiary/aromatic N) is 2. The first-order chi connectivity index (χ1) is 5.86. The average molecular weight is 200 g/mol. The summed E-state index contributed by atoms with van der Waals surface area (Å²) in [4.78, 5) is 7.49. The van der Waals surface area contributed by atoms with Crippen molar-refractivity contribution < 1.29 is 8.42 Å². The molecule has 5 heteroatoms. The molecule has 1 rings (SSSR count). The second-order valence-corrected chi connectivity index (χ2v) is 6.31. The highest BCUT2D eigenvalue weighted by Crippen LogP contribution is 2.21. The highest BCUT2D eigenvalue weighted by atomic mass is 32.2. The summed E-state index contributed by atoms with van der Waals surface area (Å²) in [5, 5.41) is 0.0301. The molecule has 0 N–H and O–H groups in total. The topological polar surface area (TPSA) is 59.9 Å². The van der Waals surface area contributed by atoms with Gasteiger partial charge in [-0.05, 0) is 20.8 Å². The molecule has 0 aliphatic heterocycles. The molecule has 13 heavy (non-hydrogen) atoms. The molecule has 0 unspecified atom stereocenters. The zero-order valence-electron chi connectivity index (χ0n) is 7.85. The fraction of sp³-hybridized carbons (Fsp3) is 0.500. The van der Waals surface area contributed by atoms with Crippen LogP contribution in [-0.4, -0.2) is 23.1 Å². The molecule has 0 radical (unpaired) electrons. The second-order valence-electron chi connectivity index (χ2n) is 3.66. The molecule has 0 amide bonds. The van der Waals surface area contributed by atoms with Crippen LogP contribution >= 0.6 is 0 Å². The third kappa shape index (κ3) is 1.85. The molecule has 0 saturated carbocycles. The van der Waals surface area contributed by atoms with Crippen LogP contribution in [0.1, 0.15) is 20.8 Å². The van der Waals surface area contributed by atoms with Crippen LogP contribution < -0.4 is 0 Å². The molecule has 0 saturated heterocycles. The number of hydrogen-bond acceptors (Lipinski definition) is 4. The van der Waals surface area contributed by atoms with E-state index >= 15 is 0 Å². The molecule has 0 fully saturated rings. The molecule has 0 bridgehead atoms. The molecule has 0 aliphatic rings. The van der Waals surface area contributed by atoms with Gasteiger partial charge in [-0.2, -0.15) is 0 Å². The third-order valence-corrected chi connectivity index (χ3v) is 3.99. The first kappa shape index (κ1) is 10.1. The van der Waals surface area contributed by atoms with Crippen molar-refractivity contribution in [1.29, 1.82) is 0 Å². The van der Waals surface area contributed by atoms with Gasteiger partial charge in [-0.1, -0.05) is 0 Å². The van der Waals surface area contributed by atoms with Gasteiger partial charge >= 0.3 is 0 Å². The maximum atomic E-state index is 11.8. The minimum absolute atomic E-state index is 0.0301. The van der Waals surface area contributed by atoms with Gasteiger partial charge in [-0.25, -0.2) is 13.4 Å². The van der Waals surface area contributed by atoms with Gasteiger partial charge in [0.25, 0.3) is 0 Å². The van der Waals surface area contributed by atoms with E-state index in [1.807, 2.05) is 0 Å². The lowest BCUT2D eigenvalue weighted by Gasteiger charge is -2.17. The normalized spacial score (nSPS) is 12.8. The van der Waals surface area contributed by atoms with E-state index in [4.69, 9.17) is 0 Å².